The van der Waals surface area contributed by atoms with Gasteiger partial charge in [0.1, 0.15) is 0 Å². The Balaban J connectivity index is 1.74. The lowest BCUT2D eigenvalue weighted by atomic mass is 10.1. The van der Waals surface area contributed by atoms with Crippen LogP contribution in [0.4, 0.5) is 0 Å². The molecule has 1 aliphatic heterocycles. The smallest absolute Gasteiger partial charge is 0.240 e. The first-order valence-electron chi connectivity index (χ1n) is 7.65. The molecule has 1 aromatic carbocycles. The van der Waals surface area contributed by atoms with E-state index in [0.717, 1.165) is 34.6 Å². The lowest BCUT2D eigenvalue weighted by molar-refractivity contribution is 0.218. The van der Waals surface area contributed by atoms with Crippen LogP contribution in [-0.4, -0.2) is 44.5 Å². The third kappa shape index (κ3) is 4.43. The van der Waals surface area contributed by atoms with Crippen LogP contribution in [0.15, 0.2) is 56.6 Å². The van der Waals surface area contributed by atoms with Crippen LogP contribution in [-0.2, 0) is 10.0 Å². The molecule has 3 rings (SSSR count). The monoisotopic (exact) mass is 430 g/mol. The summed E-state index contributed by atoms with van der Waals surface area (Å²) in [5, 5.41) is 0. The van der Waals surface area contributed by atoms with Crippen molar-refractivity contribution >= 4 is 37.7 Å². The lowest BCUT2D eigenvalue weighted by Gasteiger charge is -2.33. The van der Waals surface area contributed by atoms with Gasteiger partial charge in [-0.15, -0.1) is 0 Å². The number of rotatable bonds is 6. The molecular formula is C16H19BrN2O3S2. The van der Waals surface area contributed by atoms with Gasteiger partial charge < -0.3 is 4.42 Å². The highest BCUT2D eigenvalue weighted by molar-refractivity contribution is 9.10. The number of hydrogen-bond donors (Lipinski definition) is 1. The fourth-order valence-electron chi connectivity index (χ4n) is 2.70. The van der Waals surface area contributed by atoms with Crippen LogP contribution in [0.2, 0.25) is 0 Å². The largest absolute Gasteiger partial charge is 0.472 e. The minimum Gasteiger partial charge on any atom is -0.472 e. The summed E-state index contributed by atoms with van der Waals surface area (Å²) in [6, 6.07) is 8.52. The summed E-state index contributed by atoms with van der Waals surface area (Å²) < 4.78 is 33.9. The Kier molecular flexibility index (Phi) is 6.04. The summed E-state index contributed by atoms with van der Waals surface area (Å²) in [5.74, 6) is 2.13. The minimum absolute atomic E-state index is 0.0186. The van der Waals surface area contributed by atoms with Crippen LogP contribution in [0, 0.1) is 0 Å². The van der Waals surface area contributed by atoms with E-state index in [0.29, 0.717) is 6.54 Å². The van der Waals surface area contributed by atoms with Gasteiger partial charge in [-0.25, -0.2) is 13.1 Å². The van der Waals surface area contributed by atoms with Gasteiger partial charge in [-0.2, -0.15) is 11.8 Å². The van der Waals surface area contributed by atoms with Crippen molar-refractivity contribution in [2.75, 3.05) is 31.1 Å². The van der Waals surface area contributed by atoms with Crippen molar-refractivity contribution in [3.63, 3.8) is 0 Å². The molecule has 1 aromatic heterocycles. The van der Waals surface area contributed by atoms with Gasteiger partial charge in [0, 0.05) is 41.2 Å². The third-order valence-electron chi connectivity index (χ3n) is 4.01. The molecule has 2 heterocycles. The number of sulfonamides is 1. The zero-order valence-electron chi connectivity index (χ0n) is 13.0. The molecule has 24 heavy (non-hydrogen) atoms. The average molecular weight is 431 g/mol. The van der Waals surface area contributed by atoms with Gasteiger partial charge in [0.2, 0.25) is 10.0 Å². The number of hydrogen-bond acceptors (Lipinski definition) is 5. The summed E-state index contributed by atoms with van der Waals surface area (Å²) in [7, 11) is -3.54. The molecule has 1 N–H and O–H groups in total. The molecule has 130 valence electrons. The Morgan fingerprint density at radius 2 is 1.92 bits per heavy atom. The van der Waals surface area contributed by atoms with Gasteiger partial charge in [-0.1, -0.05) is 15.9 Å². The minimum atomic E-state index is -3.54. The SMILES string of the molecule is O=S(=O)(NC[C@H](c1ccoc1)N1CCSCC1)c1ccc(Br)cc1. The molecule has 0 unspecified atom stereocenters. The second-order valence-corrected chi connectivity index (χ2v) is 9.43. The standard InChI is InChI=1S/C16H19BrN2O3S2/c17-14-1-3-15(4-2-14)24(20,21)18-11-16(13-5-8-22-12-13)19-6-9-23-10-7-19/h1-5,8,12,16,18H,6-7,9-11H2/t16-/m1/s1. The molecule has 1 fully saturated rings. The average Bonchev–Trinajstić information content (AvgIpc) is 3.11. The first kappa shape index (κ1) is 18.0. The van der Waals surface area contributed by atoms with E-state index in [1.165, 1.54) is 0 Å². The van der Waals surface area contributed by atoms with Crippen LogP contribution < -0.4 is 4.72 Å². The predicted octanol–water partition coefficient (Wildman–Crippen LogP) is 3.11. The lowest BCUT2D eigenvalue weighted by Crippen LogP contribution is -2.41. The van der Waals surface area contributed by atoms with Crippen LogP contribution in [0.3, 0.4) is 0 Å². The normalized spacial score (nSPS) is 17.7. The highest BCUT2D eigenvalue weighted by Crippen LogP contribution is 2.25. The Bertz CT molecular complexity index is 742. The quantitative estimate of drug-likeness (QED) is 0.762. The van der Waals surface area contributed by atoms with E-state index < -0.39 is 10.0 Å². The molecule has 0 saturated carbocycles. The molecule has 1 aliphatic rings. The number of benzene rings is 1. The molecule has 1 saturated heterocycles. The van der Waals surface area contributed by atoms with E-state index in [4.69, 9.17) is 4.42 Å². The van der Waals surface area contributed by atoms with Crippen molar-refractivity contribution in [1.82, 2.24) is 9.62 Å². The van der Waals surface area contributed by atoms with Crippen molar-refractivity contribution in [2.45, 2.75) is 10.9 Å². The molecule has 0 radical (unpaired) electrons. The fraction of sp³-hybridized carbons (Fsp3) is 0.375. The second kappa shape index (κ2) is 8.05. The van der Waals surface area contributed by atoms with Crippen LogP contribution in [0.5, 0.6) is 0 Å². The number of halogens is 1. The topological polar surface area (TPSA) is 62.6 Å². The van der Waals surface area contributed by atoms with Crippen molar-refractivity contribution < 1.29 is 12.8 Å². The van der Waals surface area contributed by atoms with E-state index in [-0.39, 0.29) is 10.9 Å². The third-order valence-corrected chi connectivity index (χ3v) is 6.92. The van der Waals surface area contributed by atoms with Crippen LogP contribution in [0.1, 0.15) is 11.6 Å². The number of nitrogens with zero attached hydrogens (tertiary/aromatic N) is 1. The molecule has 0 aliphatic carbocycles. The summed E-state index contributed by atoms with van der Waals surface area (Å²) in [6.07, 6.45) is 3.32. The molecular weight excluding hydrogens is 412 g/mol. The summed E-state index contributed by atoms with van der Waals surface area (Å²) in [4.78, 5) is 2.58. The zero-order chi connectivity index (χ0) is 17.0. The van der Waals surface area contributed by atoms with Crippen molar-refractivity contribution in [2.24, 2.45) is 0 Å². The Hall–Kier alpha value is -0.800. The number of nitrogens with one attached hydrogen (secondary N) is 1. The van der Waals surface area contributed by atoms with Gasteiger partial charge >= 0.3 is 0 Å². The summed E-state index contributed by atoms with van der Waals surface area (Å²) in [6.45, 7) is 2.21. The predicted molar refractivity (Wildman–Crippen MR) is 99.7 cm³/mol. The Morgan fingerprint density at radius 1 is 1.21 bits per heavy atom. The van der Waals surface area contributed by atoms with Gasteiger partial charge in [-0.05, 0) is 30.3 Å². The molecule has 2 aromatic rings. The van der Waals surface area contributed by atoms with Crippen molar-refractivity contribution in [3.05, 3.63) is 52.9 Å². The van der Waals surface area contributed by atoms with E-state index >= 15 is 0 Å². The van der Waals surface area contributed by atoms with Crippen LogP contribution in [0.25, 0.3) is 0 Å². The van der Waals surface area contributed by atoms with Gasteiger partial charge in [0.15, 0.2) is 0 Å². The Morgan fingerprint density at radius 3 is 2.54 bits per heavy atom. The van der Waals surface area contributed by atoms with Gasteiger partial charge in [0.05, 0.1) is 23.5 Å². The molecule has 0 spiro atoms. The molecule has 1 atom stereocenters. The zero-order valence-corrected chi connectivity index (χ0v) is 16.2. The number of furan rings is 1. The number of thioether (sulfide) groups is 1. The maximum Gasteiger partial charge on any atom is 0.240 e. The van der Waals surface area contributed by atoms with E-state index in [9.17, 15) is 8.42 Å². The molecule has 0 amide bonds. The maximum absolute atomic E-state index is 12.5. The van der Waals surface area contributed by atoms with E-state index in [1.54, 1.807) is 36.8 Å². The highest BCUT2D eigenvalue weighted by Gasteiger charge is 2.25. The molecule has 0 bridgehead atoms. The van der Waals surface area contributed by atoms with Gasteiger partial charge in [-0.3, -0.25) is 4.90 Å². The maximum atomic E-state index is 12.5. The molecule has 8 heteroatoms. The van der Waals surface area contributed by atoms with Gasteiger partial charge in [0.25, 0.3) is 0 Å². The van der Waals surface area contributed by atoms with Crippen molar-refractivity contribution in [1.29, 1.82) is 0 Å². The fourth-order valence-corrected chi connectivity index (χ4v) is 4.93. The highest BCUT2D eigenvalue weighted by atomic mass is 79.9. The first-order chi connectivity index (χ1) is 11.6. The summed E-state index contributed by atoms with van der Waals surface area (Å²) in [5.41, 5.74) is 1.00. The van der Waals surface area contributed by atoms with Crippen LogP contribution >= 0.6 is 27.7 Å². The first-order valence-corrected chi connectivity index (χ1v) is 11.1. The Labute approximate surface area is 155 Å². The van der Waals surface area contributed by atoms with E-state index in [2.05, 4.69) is 25.6 Å². The second-order valence-electron chi connectivity index (χ2n) is 5.53. The molecule has 5 nitrogen and oxygen atoms in total. The van der Waals surface area contributed by atoms with E-state index in [1.807, 2.05) is 17.8 Å². The summed E-state index contributed by atoms with van der Waals surface area (Å²) >= 11 is 5.25. The van der Waals surface area contributed by atoms with Crippen molar-refractivity contribution in [3.8, 4) is 0 Å².